The third-order valence-electron chi connectivity index (χ3n) is 5.76. The number of methoxy groups -OCH3 is 1. The Balaban J connectivity index is 1.67. The molecular formula is C21H30N2O3. The van der Waals surface area contributed by atoms with Crippen LogP contribution in [-0.4, -0.2) is 48.6 Å². The Labute approximate surface area is 156 Å². The van der Waals surface area contributed by atoms with Crippen LogP contribution in [0.1, 0.15) is 50.5 Å². The highest BCUT2D eigenvalue weighted by molar-refractivity contribution is 5.88. The normalized spacial score (nSPS) is 20.1. The molecule has 5 nitrogen and oxygen atoms in total. The van der Waals surface area contributed by atoms with Crippen molar-refractivity contribution in [3.8, 4) is 0 Å². The molecule has 1 aliphatic heterocycles. The summed E-state index contributed by atoms with van der Waals surface area (Å²) in [5, 5.41) is 3.01. The second-order valence-corrected chi connectivity index (χ2v) is 7.61. The lowest BCUT2D eigenvalue weighted by atomic mass is 9.77. The Morgan fingerprint density at radius 2 is 1.81 bits per heavy atom. The molecule has 2 amide bonds. The second-order valence-electron chi connectivity index (χ2n) is 7.61. The fourth-order valence-electron chi connectivity index (χ4n) is 3.95. The number of benzene rings is 1. The molecule has 1 saturated heterocycles. The molecule has 0 bridgehead atoms. The molecular weight excluding hydrogens is 328 g/mol. The fraction of sp³-hybridized carbons (Fsp3) is 0.619. The predicted molar refractivity (Wildman–Crippen MR) is 101 cm³/mol. The molecule has 1 aromatic rings. The maximum atomic E-state index is 13.0. The number of nitrogens with zero attached hydrogens (tertiary/aromatic N) is 1. The summed E-state index contributed by atoms with van der Waals surface area (Å²) in [4.78, 5) is 27.6. The van der Waals surface area contributed by atoms with Crippen LogP contribution in [0.15, 0.2) is 30.3 Å². The van der Waals surface area contributed by atoms with E-state index in [-0.39, 0.29) is 17.4 Å². The first-order chi connectivity index (χ1) is 12.6. The maximum Gasteiger partial charge on any atom is 0.245 e. The molecule has 1 N–H and O–H groups in total. The van der Waals surface area contributed by atoms with Crippen LogP contribution in [0.25, 0.3) is 0 Å². The van der Waals surface area contributed by atoms with E-state index in [9.17, 15) is 9.59 Å². The summed E-state index contributed by atoms with van der Waals surface area (Å²) >= 11 is 0. The second kappa shape index (κ2) is 8.67. The first kappa shape index (κ1) is 18.9. The van der Waals surface area contributed by atoms with Crippen LogP contribution in [0.5, 0.6) is 0 Å². The van der Waals surface area contributed by atoms with Gasteiger partial charge in [-0.15, -0.1) is 0 Å². The number of rotatable bonds is 7. The van der Waals surface area contributed by atoms with Crippen molar-refractivity contribution >= 4 is 11.8 Å². The Morgan fingerprint density at radius 3 is 2.38 bits per heavy atom. The topological polar surface area (TPSA) is 58.6 Å². The van der Waals surface area contributed by atoms with Crippen LogP contribution in [0.3, 0.4) is 0 Å². The number of likely N-dealkylation sites (tertiary alicyclic amines) is 1. The van der Waals surface area contributed by atoms with Crippen LogP contribution < -0.4 is 5.32 Å². The van der Waals surface area contributed by atoms with Crippen molar-refractivity contribution < 1.29 is 14.3 Å². The highest BCUT2D eigenvalue weighted by Gasteiger charge is 2.40. The lowest BCUT2D eigenvalue weighted by Gasteiger charge is -2.40. The van der Waals surface area contributed by atoms with Gasteiger partial charge in [0, 0.05) is 26.6 Å². The summed E-state index contributed by atoms with van der Waals surface area (Å²) in [5.41, 5.74) is 0.739. The summed E-state index contributed by atoms with van der Waals surface area (Å²) in [5.74, 6) is -0.0418. The summed E-state index contributed by atoms with van der Waals surface area (Å²) in [6.07, 6.45) is 7.07. The van der Waals surface area contributed by atoms with Gasteiger partial charge in [0.1, 0.15) is 6.04 Å². The molecule has 0 spiro atoms. The van der Waals surface area contributed by atoms with Gasteiger partial charge in [0.05, 0.1) is 12.0 Å². The quantitative estimate of drug-likeness (QED) is 0.815. The standard InChI is InChI=1S/C21H30N2O3/c1-26-21(11-8-12-21)16-19(24)22-18(15-17-9-4-2-5-10-17)20(25)23-13-6-3-7-14-23/h2,4-5,9-10,18H,3,6-8,11-16H2,1H3,(H,22,24)/t18-/m1/s1. The zero-order valence-corrected chi connectivity index (χ0v) is 15.7. The van der Waals surface area contributed by atoms with Gasteiger partial charge in [-0.3, -0.25) is 9.59 Å². The summed E-state index contributed by atoms with van der Waals surface area (Å²) in [6.45, 7) is 1.59. The van der Waals surface area contributed by atoms with E-state index in [1.807, 2.05) is 35.2 Å². The molecule has 142 valence electrons. The lowest BCUT2D eigenvalue weighted by Crippen LogP contribution is -2.53. The molecule has 1 aromatic carbocycles. The first-order valence-electron chi connectivity index (χ1n) is 9.79. The summed E-state index contributed by atoms with van der Waals surface area (Å²) < 4.78 is 5.56. The predicted octanol–water partition coefficient (Wildman–Crippen LogP) is 2.69. The van der Waals surface area contributed by atoms with E-state index in [2.05, 4.69) is 5.32 Å². The Bertz CT molecular complexity index is 601. The third kappa shape index (κ3) is 4.64. The molecule has 5 heteroatoms. The SMILES string of the molecule is COC1(CC(=O)N[C@H](Cc2ccccc2)C(=O)N2CCCCC2)CCC1. The molecule has 3 rings (SSSR count). The van der Waals surface area contributed by atoms with Crippen molar-refractivity contribution in [1.82, 2.24) is 10.2 Å². The molecule has 2 aliphatic rings. The van der Waals surface area contributed by atoms with Gasteiger partial charge in [0.15, 0.2) is 0 Å². The molecule has 0 aromatic heterocycles. The highest BCUT2D eigenvalue weighted by Crippen LogP contribution is 2.37. The van der Waals surface area contributed by atoms with Crippen LogP contribution in [0, 0.1) is 0 Å². The minimum Gasteiger partial charge on any atom is -0.378 e. The van der Waals surface area contributed by atoms with E-state index < -0.39 is 6.04 Å². The molecule has 0 unspecified atom stereocenters. The van der Waals surface area contributed by atoms with E-state index >= 15 is 0 Å². The molecule has 1 atom stereocenters. The lowest BCUT2D eigenvalue weighted by molar-refractivity contribution is -0.141. The number of ether oxygens (including phenoxy) is 1. The van der Waals surface area contributed by atoms with Gasteiger partial charge in [0.2, 0.25) is 11.8 Å². The van der Waals surface area contributed by atoms with Crippen LogP contribution in [0.4, 0.5) is 0 Å². The van der Waals surface area contributed by atoms with Crippen LogP contribution in [0.2, 0.25) is 0 Å². The Morgan fingerprint density at radius 1 is 1.12 bits per heavy atom. The van der Waals surface area contributed by atoms with Crippen LogP contribution >= 0.6 is 0 Å². The monoisotopic (exact) mass is 358 g/mol. The van der Waals surface area contributed by atoms with Crippen molar-refractivity contribution in [3.63, 3.8) is 0 Å². The number of hydrogen-bond donors (Lipinski definition) is 1. The zero-order valence-electron chi connectivity index (χ0n) is 15.7. The third-order valence-corrected chi connectivity index (χ3v) is 5.76. The van der Waals surface area contributed by atoms with Crippen molar-refractivity contribution in [2.75, 3.05) is 20.2 Å². The number of piperidine rings is 1. The fourth-order valence-corrected chi connectivity index (χ4v) is 3.95. The number of hydrogen-bond acceptors (Lipinski definition) is 3. The van der Waals surface area contributed by atoms with Crippen molar-refractivity contribution in [2.24, 2.45) is 0 Å². The smallest absolute Gasteiger partial charge is 0.245 e. The zero-order chi connectivity index (χ0) is 18.4. The molecule has 1 aliphatic carbocycles. The number of carbonyl (C=O) groups is 2. The number of nitrogens with one attached hydrogen (secondary N) is 1. The number of carbonyl (C=O) groups excluding carboxylic acids is 2. The van der Waals surface area contributed by atoms with E-state index in [1.165, 1.54) is 6.42 Å². The molecule has 0 radical (unpaired) electrons. The summed E-state index contributed by atoms with van der Waals surface area (Å²) in [6, 6.07) is 9.40. The van der Waals surface area contributed by atoms with Crippen molar-refractivity contribution in [1.29, 1.82) is 0 Å². The number of amides is 2. The van der Waals surface area contributed by atoms with Gasteiger partial charge >= 0.3 is 0 Å². The molecule has 1 saturated carbocycles. The molecule has 26 heavy (non-hydrogen) atoms. The summed E-state index contributed by atoms with van der Waals surface area (Å²) in [7, 11) is 1.67. The van der Waals surface area contributed by atoms with Gasteiger partial charge in [-0.2, -0.15) is 0 Å². The van der Waals surface area contributed by atoms with E-state index in [0.29, 0.717) is 12.8 Å². The Kier molecular flexibility index (Phi) is 6.30. The first-order valence-corrected chi connectivity index (χ1v) is 9.79. The molecule has 1 heterocycles. The minimum atomic E-state index is -0.503. The minimum absolute atomic E-state index is 0.0435. The largest absolute Gasteiger partial charge is 0.378 e. The highest BCUT2D eigenvalue weighted by atomic mass is 16.5. The van der Waals surface area contributed by atoms with Crippen molar-refractivity contribution in [3.05, 3.63) is 35.9 Å². The molecule has 2 fully saturated rings. The van der Waals surface area contributed by atoms with E-state index in [0.717, 1.165) is 50.8 Å². The average Bonchev–Trinajstić information content (AvgIpc) is 2.65. The van der Waals surface area contributed by atoms with E-state index in [4.69, 9.17) is 4.74 Å². The van der Waals surface area contributed by atoms with Gasteiger partial charge in [-0.25, -0.2) is 0 Å². The average molecular weight is 358 g/mol. The van der Waals surface area contributed by atoms with Crippen molar-refractivity contribution in [2.45, 2.75) is 63.0 Å². The van der Waals surface area contributed by atoms with Crippen LogP contribution in [-0.2, 0) is 20.7 Å². The van der Waals surface area contributed by atoms with Gasteiger partial charge < -0.3 is 15.0 Å². The Hall–Kier alpha value is -1.88. The van der Waals surface area contributed by atoms with Gasteiger partial charge in [-0.05, 0) is 44.1 Å². The maximum absolute atomic E-state index is 13.0. The van der Waals surface area contributed by atoms with E-state index in [1.54, 1.807) is 7.11 Å². The van der Waals surface area contributed by atoms with Gasteiger partial charge in [0.25, 0.3) is 0 Å². The van der Waals surface area contributed by atoms with Gasteiger partial charge in [-0.1, -0.05) is 30.3 Å².